The predicted octanol–water partition coefficient (Wildman–Crippen LogP) is 2.65. The van der Waals surface area contributed by atoms with Crippen LogP contribution in [0.5, 0.6) is 0 Å². The zero-order valence-corrected chi connectivity index (χ0v) is 13.5. The number of likely N-dealkylation sites (N-methyl/N-ethyl adjacent to an activating group) is 1. The van der Waals surface area contributed by atoms with Crippen LogP contribution in [-0.2, 0) is 16.1 Å². The zero-order chi connectivity index (χ0) is 15.8. The van der Waals surface area contributed by atoms with Crippen LogP contribution < -0.4 is 5.32 Å². The van der Waals surface area contributed by atoms with E-state index in [4.69, 9.17) is 0 Å². The van der Waals surface area contributed by atoms with Gasteiger partial charge < -0.3 is 10.2 Å². The van der Waals surface area contributed by atoms with E-state index < -0.39 is 6.04 Å². The Morgan fingerprint density at radius 1 is 1.24 bits per heavy atom. The molecule has 1 aromatic rings. The molecule has 0 bridgehead atoms. The van der Waals surface area contributed by atoms with E-state index in [-0.39, 0.29) is 11.8 Å². The number of rotatable bonds is 7. The lowest BCUT2D eigenvalue weighted by Gasteiger charge is -2.29. The Kier molecular flexibility index (Phi) is 6.92. The summed E-state index contributed by atoms with van der Waals surface area (Å²) in [6.07, 6.45) is 1.25. The van der Waals surface area contributed by atoms with Gasteiger partial charge in [0.05, 0.1) is 0 Å². The normalized spacial score (nSPS) is 11.8. The first-order chi connectivity index (χ1) is 10.0. The standard InChI is InChI=1S/C17H26N2O2/c1-5-9-16(20)19(14(4)17(21)18-6-2)12-15-11-8-7-10-13(15)3/h7-8,10-11,14H,5-6,9,12H2,1-4H3,(H,18,21)/t14-/m0/s1. The molecule has 0 fully saturated rings. The minimum absolute atomic E-state index is 0.0273. The summed E-state index contributed by atoms with van der Waals surface area (Å²) in [5, 5.41) is 2.79. The Labute approximate surface area is 127 Å². The molecule has 0 aromatic heterocycles. The second kappa shape index (κ2) is 8.45. The number of nitrogens with one attached hydrogen (secondary N) is 1. The molecule has 0 spiro atoms. The molecule has 2 amide bonds. The topological polar surface area (TPSA) is 49.4 Å². The van der Waals surface area contributed by atoms with Crippen LogP contribution in [0.25, 0.3) is 0 Å². The van der Waals surface area contributed by atoms with Crippen LogP contribution in [0, 0.1) is 6.92 Å². The molecule has 116 valence electrons. The van der Waals surface area contributed by atoms with Crippen molar-refractivity contribution >= 4 is 11.8 Å². The van der Waals surface area contributed by atoms with Crippen LogP contribution in [0.4, 0.5) is 0 Å². The van der Waals surface area contributed by atoms with Gasteiger partial charge in [-0.1, -0.05) is 31.2 Å². The van der Waals surface area contributed by atoms with E-state index in [0.717, 1.165) is 17.5 Å². The summed E-state index contributed by atoms with van der Waals surface area (Å²) in [5.41, 5.74) is 2.22. The van der Waals surface area contributed by atoms with Crippen LogP contribution >= 0.6 is 0 Å². The average Bonchev–Trinajstić information content (AvgIpc) is 2.46. The van der Waals surface area contributed by atoms with Crippen molar-refractivity contribution < 1.29 is 9.59 Å². The Balaban J connectivity index is 2.94. The molecule has 0 aliphatic rings. The van der Waals surface area contributed by atoms with Crippen molar-refractivity contribution in [2.75, 3.05) is 6.54 Å². The molecule has 0 radical (unpaired) electrons. The van der Waals surface area contributed by atoms with Gasteiger partial charge in [-0.15, -0.1) is 0 Å². The van der Waals surface area contributed by atoms with E-state index in [0.29, 0.717) is 19.5 Å². The summed E-state index contributed by atoms with van der Waals surface area (Å²) in [5.74, 6) is -0.0740. The van der Waals surface area contributed by atoms with E-state index in [9.17, 15) is 9.59 Å². The molecule has 4 nitrogen and oxygen atoms in total. The van der Waals surface area contributed by atoms with Crippen LogP contribution in [0.3, 0.4) is 0 Å². The first kappa shape index (κ1) is 17.2. The first-order valence-electron chi connectivity index (χ1n) is 7.62. The SMILES string of the molecule is CCCC(=O)N(Cc1ccccc1C)[C@@H](C)C(=O)NCC. The van der Waals surface area contributed by atoms with Crippen LogP contribution in [-0.4, -0.2) is 29.3 Å². The summed E-state index contributed by atoms with van der Waals surface area (Å²) in [4.78, 5) is 26.1. The third-order valence-electron chi connectivity index (χ3n) is 3.58. The zero-order valence-electron chi connectivity index (χ0n) is 13.5. The fourth-order valence-corrected chi connectivity index (χ4v) is 2.23. The Bertz CT molecular complexity index is 485. The Morgan fingerprint density at radius 3 is 2.48 bits per heavy atom. The maximum Gasteiger partial charge on any atom is 0.242 e. The fraction of sp³-hybridized carbons (Fsp3) is 0.529. The smallest absolute Gasteiger partial charge is 0.242 e. The number of nitrogens with zero attached hydrogens (tertiary/aromatic N) is 1. The number of aryl methyl sites for hydroxylation is 1. The number of hydrogen-bond acceptors (Lipinski definition) is 2. The van der Waals surface area contributed by atoms with Crippen molar-refractivity contribution in [3.05, 3.63) is 35.4 Å². The van der Waals surface area contributed by atoms with Crippen molar-refractivity contribution in [1.29, 1.82) is 0 Å². The van der Waals surface area contributed by atoms with Gasteiger partial charge in [0.2, 0.25) is 11.8 Å². The summed E-state index contributed by atoms with van der Waals surface area (Å²) >= 11 is 0. The molecule has 4 heteroatoms. The first-order valence-corrected chi connectivity index (χ1v) is 7.62. The van der Waals surface area contributed by atoms with E-state index in [1.807, 2.05) is 45.0 Å². The fourth-order valence-electron chi connectivity index (χ4n) is 2.23. The molecular formula is C17H26N2O2. The highest BCUT2D eigenvalue weighted by molar-refractivity contribution is 5.87. The molecule has 21 heavy (non-hydrogen) atoms. The summed E-state index contributed by atoms with van der Waals surface area (Å²) in [7, 11) is 0. The maximum absolute atomic E-state index is 12.4. The lowest BCUT2D eigenvalue weighted by Crippen LogP contribution is -2.47. The maximum atomic E-state index is 12.4. The molecule has 0 aliphatic carbocycles. The molecule has 0 heterocycles. The molecule has 1 aromatic carbocycles. The van der Waals surface area contributed by atoms with Gasteiger partial charge in [0.1, 0.15) is 6.04 Å². The predicted molar refractivity (Wildman–Crippen MR) is 84.8 cm³/mol. The largest absolute Gasteiger partial charge is 0.355 e. The lowest BCUT2D eigenvalue weighted by molar-refractivity contribution is -0.140. The van der Waals surface area contributed by atoms with E-state index in [1.165, 1.54) is 0 Å². The molecule has 1 rings (SSSR count). The quantitative estimate of drug-likeness (QED) is 0.839. The average molecular weight is 290 g/mol. The van der Waals surface area contributed by atoms with Gasteiger partial charge in [-0.25, -0.2) is 0 Å². The summed E-state index contributed by atoms with van der Waals surface area (Å²) in [6.45, 7) is 8.71. The molecule has 1 N–H and O–H groups in total. The number of carbonyl (C=O) groups excluding carboxylic acids is 2. The summed E-state index contributed by atoms with van der Waals surface area (Å²) in [6, 6.07) is 7.51. The second-order valence-corrected chi connectivity index (χ2v) is 5.27. The number of amides is 2. The molecule has 1 atom stereocenters. The van der Waals surface area contributed by atoms with Crippen molar-refractivity contribution in [3.8, 4) is 0 Å². The lowest BCUT2D eigenvalue weighted by atomic mass is 10.1. The highest BCUT2D eigenvalue weighted by Gasteiger charge is 2.25. The van der Waals surface area contributed by atoms with Crippen molar-refractivity contribution in [3.63, 3.8) is 0 Å². The minimum atomic E-state index is -0.455. The van der Waals surface area contributed by atoms with Gasteiger partial charge in [0.25, 0.3) is 0 Å². The number of carbonyl (C=O) groups is 2. The molecular weight excluding hydrogens is 264 g/mol. The van der Waals surface area contributed by atoms with Crippen molar-refractivity contribution in [2.24, 2.45) is 0 Å². The molecule has 0 saturated heterocycles. The minimum Gasteiger partial charge on any atom is -0.355 e. The monoisotopic (exact) mass is 290 g/mol. The van der Waals surface area contributed by atoms with Crippen molar-refractivity contribution in [1.82, 2.24) is 10.2 Å². The third kappa shape index (κ3) is 4.88. The van der Waals surface area contributed by atoms with Crippen LogP contribution in [0.2, 0.25) is 0 Å². The van der Waals surface area contributed by atoms with Gasteiger partial charge in [-0.05, 0) is 38.3 Å². The van der Waals surface area contributed by atoms with Crippen LogP contribution in [0.15, 0.2) is 24.3 Å². The van der Waals surface area contributed by atoms with Gasteiger partial charge in [0, 0.05) is 19.5 Å². The molecule has 0 saturated carbocycles. The van der Waals surface area contributed by atoms with Gasteiger partial charge >= 0.3 is 0 Å². The van der Waals surface area contributed by atoms with Gasteiger partial charge in [-0.2, -0.15) is 0 Å². The number of hydrogen-bond donors (Lipinski definition) is 1. The second-order valence-electron chi connectivity index (χ2n) is 5.27. The highest BCUT2D eigenvalue weighted by Crippen LogP contribution is 2.14. The third-order valence-corrected chi connectivity index (χ3v) is 3.58. The molecule has 0 aliphatic heterocycles. The Morgan fingerprint density at radius 2 is 1.90 bits per heavy atom. The Hall–Kier alpha value is -1.84. The molecule has 0 unspecified atom stereocenters. The van der Waals surface area contributed by atoms with E-state index in [1.54, 1.807) is 11.8 Å². The highest BCUT2D eigenvalue weighted by atomic mass is 16.2. The van der Waals surface area contributed by atoms with Crippen molar-refractivity contribution in [2.45, 2.75) is 53.1 Å². The van der Waals surface area contributed by atoms with Gasteiger partial charge in [0.15, 0.2) is 0 Å². The van der Waals surface area contributed by atoms with E-state index >= 15 is 0 Å². The van der Waals surface area contributed by atoms with E-state index in [2.05, 4.69) is 5.32 Å². The van der Waals surface area contributed by atoms with Crippen LogP contribution in [0.1, 0.15) is 44.7 Å². The summed E-state index contributed by atoms with van der Waals surface area (Å²) < 4.78 is 0. The number of benzene rings is 1. The van der Waals surface area contributed by atoms with Gasteiger partial charge in [-0.3, -0.25) is 9.59 Å².